The van der Waals surface area contributed by atoms with Crippen LogP contribution in [0, 0.1) is 0 Å². The van der Waals surface area contributed by atoms with Crippen molar-refractivity contribution in [2.75, 3.05) is 13.2 Å². The predicted molar refractivity (Wildman–Crippen MR) is 23.1 cm³/mol. The summed E-state index contributed by atoms with van der Waals surface area (Å²) in [5, 5.41) is 1.94. The fourth-order valence-corrected chi connectivity index (χ4v) is 0.214. The summed E-state index contributed by atoms with van der Waals surface area (Å²) in [6.45, 7) is -1.15. The minimum absolute atomic E-state index is 0.139. The molecule has 0 saturated heterocycles. The molecule has 0 fully saturated rings. The molecule has 0 bridgehead atoms. The van der Waals surface area contributed by atoms with Gasteiger partial charge in [-0.3, -0.25) is 5.32 Å². The number of hydrogen-bond acceptors (Lipinski definition) is 2. The van der Waals surface area contributed by atoms with E-state index in [9.17, 15) is 13.2 Å². The third-order valence-electron chi connectivity index (χ3n) is 0.470. The van der Waals surface area contributed by atoms with Gasteiger partial charge in [0.05, 0.1) is 6.54 Å². The Morgan fingerprint density at radius 3 is 2.00 bits per heavy atom. The van der Waals surface area contributed by atoms with E-state index in [2.05, 4.69) is 0 Å². The summed E-state index contributed by atoms with van der Waals surface area (Å²) in [4.78, 5) is 0. The molecule has 50 valence electrons. The summed E-state index contributed by atoms with van der Waals surface area (Å²) in [5.74, 6) is 0. The van der Waals surface area contributed by atoms with Gasteiger partial charge < -0.3 is 5.73 Å². The van der Waals surface area contributed by atoms with Crippen molar-refractivity contribution in [2.24, 2.45) is 5.73 Å². The average Bonchev–Trinajstić information content (AvgIpc) is 1.59. The van der Waals surface area contributed by atoms with Crippen molar-refractivity contribution < 1.29 is 13.2 Å². The van der Waals surface area contributed by atoms with E-state index in [1.54, 1.807) is 0 Å². The summed E-state index contributed by atoms with van der Waals surface area (Å²) in [6, 6.07) is 0. The van der Waals surface area contributed by atoms with Crippen LogP contribution in [0.25, 0.3) is 0 Å². The molecule has 0 spiro atoms. The van der Waals surface area contributed by atoms with Crippen LogP contribution in [-0.2, 0) is 0 Å². The molecule has 0 amide bonds. The number of rotatable bonds is 2. The van der Waals surface area contributed by atoms with E-state index in [4.69, 9.17) is 5.73 Å². The highest BCUT2D eigenvalue weighted by atomic mass is 19.4. The van der Waals surface area contributed by atoms with Crippen LogP contribution in [0.4, 0.5) is 13.2 Å². The highest BCUT2D eigenvalue weighted by Crippen LogP contribution is 2.11. The zero-order chi connectivity index (χ0) is 6.62. The molecule has 8 heavy (non-hydrogen) atoms. The summed E-state index contributed by atoms with van der Waals surface area (Å²) in [5.41, 5.74) is 4.72. The van der Waals surface area contributed by atoms with Crippen LogP contribution in [0.3, 0.4) is 0 Å². The Balaban J connectivity index is 3.11. The smallest absolute Gasteiger partial charge is 0.318 e. The summed E-state index contributed by atoms with van der Waals surface area (Å²) in [7, 11) is 0. The Morgan fingerprint density at radius 1 is 1.38 bits per heavy atom. The van der Waals surface area contributed by atoms with E-state index in [-0.39, 0.29) is 6.67 Å². The average molecular weight is 128 g/mol. The summed E-state index contributed by atoms with van der Waals surface area (Å²) >= 11 is 0. The molecule has 0 aliphatic heterocycles. The standard InChI is InChI=1S/C3H7F3N2/c4-3(5,6)1-8-2-7/h8H,1-2,7H2. The molecule has 0 aromatic heterocycles. The van der Waals surface area contributed by atoms with E-state index in [0.717, 1.165) is 0 Å². The van der Waals surface area contributed by atoms with Crippen molar-refractivity contribution >= 4 is 0 Å². The van der Waals surface area contributed by atoms with Gasteiger partial charge in [-0.25, -0.2) is 0 Å². The number of nitrogens with two attached hydrogens (primary N) is 1. The third-order valence-corrected chi connectivity index (χ3v) is 0.470. The molecule has 0 rings (SSSR count). The fourth-order valence-electron chi connectivity index (χ4n) is 0.214. The molecular formula is C3H7F3N2. The normalized spacial score (nSPS) is 12.0. The first-order valence-corrected chi connectivity index (χ1v) is 2.04. The Bertz CT molecular complexity index is 60.0. The molecule has 0 saturated carbocycles. The maximum Gasteiger partial charge on any atom is 0.401 e. The van der Waals surface area contributed by atoms with Crippen LogP contribution < -0.4 is 11.1 Å². The minimum atomic E-state index is -4.14. The molecule has 2 nitrogen and oxygen atoms in total. The van der Waals surface area contributed by atoms with Gasteiger partial charge in [-0.1, -0.05) is 0 Å². The molecule has 0 aliphatic carbocycles. The lowest BCUT2D eigenvalue weighted by molar-refractivity contribution is -0.124. The van der Waals surface area contributed by atoms with Crippen LogP contribution in [-0.4, -0.2) is 19.4 Å². The summed E-state index contributed by atoms with van der Waals surface area (Å²) in [6.07, 6.45) is -4.14. The highest BCUT2D eigenvalue weighted by molar-refractivity contribution is 4.51. The predicted octanol–water partition coefficient (Wildman–Crippen LogP) is 0.0545. The van der Waals surface area contributed by atoms with Crippen LogP contribution in [0.1, 0.15) is 0 Å². The Hall–Kier alpha value is -0.290. The second-order valence-electron chi connectivity index (χ2n) is 1.25. The maximum atomic E-state index is 11.1. The van der Waals surface area contributed by atoms with E-state index < -0.39 is 12.7 Å². The van der Waals surface area contributed by atoms with Gasteiger partial charge in [0, 0.05) is 6.67 Å². The molecule has 0 radical (unpaired) electrons. The molecule has 0 aromatic rings. The van der Waals surface area contributed by atoms with Crippen molar-refractivity contribution in [3.8, 4) is 0 Å². The summed E-state index contributed by atoms with van der Waals surface area (Å²) < 4.78 is 33.4. The number of halogens is 3. The molecule has 0 aliphatic rings. The van der Waals surface area contributed by atoms with Crippen LogP contribution in [0.5, 0.6) is 0 Å². The lowest BCUT2D eigenvalue weighted by Gasteiger charge is -2.04. The van der Waals surface area contributed by atoms with Gasteiger partial charge >= 0.3 is 6.18 Å². The molecular weight excluding hydrogens is 121 g/mol. The third kappa shape index (κ3) is 5.71. The molecule has 0 atom stereocenters. The maximum absolute atomic E-state index is 11.1. The van der Waals surface area contributed by atoms with Crippen LogP contribution >= 0.6 is 0 Å². The second-order valence-corrected chi connectivity index (χ2v) is 1.25. The lowest BCUT2D eigenvalue weighted by Crippen LogP contribution is -2.32. The van der Waals surface area contributed by atoms with Gasteiger partial charge in [0.2, 0.25) is 0 Å². The first kappa shape index (κ1) is 7.71. The van der Waals surface area contributed by atoms with E-state index >= 15 is 0 Å². The first-order valence-electron chi connectivity index (χ1n) is 2.04. The molecule has 3 N–H and O–H groups in total. The van der Waals surface area contributed by atoms with Gasteiger partial charge in [0.15, 0.2) is 0 Å². The monoisotopic (exact) mass is 128 g/mol. The van der Waals surface area contributed by atoms with E-state index in [1.165, 1.54) is 0 Å². The van der Waals surface area contributed by atoms with Gasteiger partial charge in [-0.05, 0) is 0 Å². The molecule has 0 unspecified atom stereocenters. The quantitative estimate of drug-likeness (QED) is 0.516. The van der Waals surface area contributed by atoms with Crippen LogP contribution in [0.2, 0.25) is 0 Å². The Kier molecular flexibility index (Phi) is 2.78. The topological polar surface area (TPSA) is 38.0 Å². The Labute approximate surface area is 44.9 Å². The van der Waals surface area contributed by atoms with Crippen molar-refractivity contribution in [3.63, 3.8) is 0 Å². The van der Waals surface area contributed by atoms with Crippen molar-refractivity contribution in [2.45, 2.75) is 6.18 Å². The van der Waals surface area contributed by atoms with E-state index in [1.807, 2.05) is 5.32 Å². The van der Waals surface area contributed by atoms with Gasteiger partial charge in [-0.2, -0.15) is 13.2 Å². The van der Waals surface area contributed by atoms with Crippen molar-refractivity contribution in [1.82, 2.24) is 5.32 Å². The van der Waals surface area contributed by atoms with Crippen LogP contribution in [0.15, 0.2) is 0 Å². The highest BCUT2D eigenvalue weighted by Gasteiger charge is 2.25. The number of alkyl halides is 3. The number of hydrogen-bond donors (Lipinski definition) is 2. The lowest BCUT2D eigenvalue weighted by atomic mass is 10.6. The van der Waals surface area contributed by atoms with Gasteiger partial charge in [0.25, 0.3) is 0 Å². The van der Waals surface area contributed by atoms with E-state index in [0.29, 0.717) is 0 Å². The molecule has 0 heterocycles. The first-order chi connectivity index (χ1) is 3.56. The zero-order valence-electron chi connectivity index (χ0n) is 4.13. The van der Waals surface area contributed by atoms with Gasteiger partial charge in [0.1, 0.15) is 0 Å². The fraction of sp³-hybridized carbons (Fsp3) is 1.00. The van der Waals surface area contributed by atoms with Crippen molar-refractivity contribution in [1.29, 1.82) is 0 Å². The minimum Gasteiger partial charge on any atom is -0.318 e. The second kappa shape index (κ2) is 2.88. The Morgan fingerprint density at radius 2 is 1.88 bits per heavy atom. The SMILES string of the molecule is NCNCC(F)(F)F. The van der Waals surface area contributed by atoms with Gasteiger partial charge in [-0.15, -0.1) is 0 Å². The molecule has 5 heteroatoms. The largest absolute Gasteiger partial charge is 0.401 e. The zero-order valence-corrected chi connectivity index (χ0v) is 4.13. The molecule has 0 aromatic carbocycles. The van der Waals surface area contributed by atoms with Crippen molar-refractivity contribution in [3.05, 3.63) is 0 Å². The number of nitrogens with one attached hydrogen (secondary N) is 1.